The van der Waals surface area contributed by atoms with E-state index in [-0.39, 0.29) is 0 Å². The summed E-state index contributed by atoms with van der Waals surface area (Å²) in [6.07, 6.45) is 1.66. The smallest absolute Gasteiger partial charge is 0.415 e. The van der Waals surface area contributed by atoms with Crippen LogP contribution in [0.2, 0.25) is 0 Å². The monoisotopic (exact) mass is 238 g/mol. The zero-order valence-electron chi connectivity index (χ0n) is 8.34. The summed E-state index contributed by atoms with van der Waals surface area (Å²) < 4.78 is 4.98. The minimum absolute atomic E-state index is 0.918. The fourth-order valence-corrected chi connectivity index (χ4v) is 3.25. The van der Waals surface area contributed by atoms with Gasteiger partial charge >= 0.3 is 8.80 Å². The molecule has 0 radical (unpaired) electrons. The van der Waals surface area contributed by atoms with E-state index in [0.717, 1.165) is 5.56 Å². The van der Waals surface area contributed by atoms with E-state index in [1.54, 1.807) is 11.8 Å². The van der Waals surface area contributed by atoms with Gasteiger partial charge in [-0.2, -0.15) is 0 Å². The van der Waals surface area contributed by atoms with Crippen molar-refractivity contribution in [2.45, 2.75) is 0 Å². The lowest BCUT2D eigenvalue weighted by molar-refractivity contribution is 0.266. The third-order valence-corrected chi connectivity index (χ3v) is 4.91. The first-order valence-corrected chi connectivity index (χ1v) is 7.85. The molecule has 5 heteroatoms. The molecule has 15 heavy (non-hydrogen) atoms. The van der Waals surface area contributed by atoms with E-state index in [9.17, 15) is 9.59 Å². The van der Waals surface area contributed by atoms with Crippen LogP contribution in [0.25, 0.3) is 6.08 Å². The molecule has 1 aromatic rings. The predicted molar refractivity (Wildman–Crippen MR) is 65.5 cm³/mol. The van der Waals surface area contributed by atoms with Crippen molar-refractivity contribution in [3.05, 3.63) is 53.9 Å². The number of hydrogen-bond donors (Lipinski definition) is 2. The van der Waals surface area contributed by atoms with Gasteiger partial charge in [0.25, 0.3) is 0 Å². The van der Waals surface area contributed by atoms with Crippen molar-refractivity contribution < 1.29 is 13.7 Å². The fourth-order valence-electron chi connectivity index (χ4n) is 0.999. The van der Waals surface area contributed by atoms with Crippen molar-refractivity contribution in [3.63, 3.8) is 0 Å². The molecule has 80 valence electrons. The van der Waals surface area contributed by atoms with Crippen LogP contribution >= 0.6 is 0 Å². The Bertz CT molecular complexity index is 336. The van der Waals surface area contributed by atoms with E-state index < -0.39 is 18.6 Å². The topological polar surface area (TPSA) is 49.7 Å². The van der Waals surface area contributed by atoms with Gasteiger partial charge in [-0.25, -0.2) is 0 Å². The Morgan fingerprint density at radius 1 is 1.27 bits per heavy atom. The van der Waals surface area contributed by atoms with Crippen molar-refractivity contribution in [1.82, 2.24) is 0 Å². The Hall–Kier alpha value is -0.986. The molecule has 0 bridgehead atoms. The number of benzene rings is 1. The molecule has 0 aliphatic heterocycles. The number of rotatable bonds is 5. The van der Waals surface area contributed by atoms with E-state index in [1.807, 2.05) is 30.3 Å². The Morgan fingerprint density at radius 3 is 2.53 bits per heavy atom. The minimum Gasteiger partial charge on any atom is -0.415 e. The highest BCUT2D eigenvalue weighted by molar-refractivity contribution is 6.69. The highest BCUT2D eigenvalue weighted by Crippen LogP contribution is 2.05. The van der Waals surface area contributed by atoms with Gasteiger partial charge in [0.15, 0.2) is 9.76 Å². The van der Waals surface area contributed by atoms with Crippen LogP contribution in [0.4, 0.5) is 0 Å². The van der Waals surface area contributed by atoms with Gasteiger partial charge < -0.3 is 13.7 Å². The Balaban J connectivity index is 2.60. The van der Waals surface area contributed by atoms with Crippen molar-refractivity contribution in [3.8, 4) is 0 Å². The Labute approximate surface area is 92.7 Å². The molecule has 0 unspecified atom stereocenters. The largest absolute Gasteiger partial charge is 0.513 e. The summed E-state index contributed by atoms with van der Waals surface area (Å²) in [4.78, 5) is 19.0. The minimum atomic E-state index is -3.60. The molecule has 0 aliphatic carbocycles. The van der Waals surface area contributed by atoms with Crippen LogP contribution in [0.5, 0.6) is 0 Å². The fraction of sp³-hybridized carbons (Fsp3) is 0. The first-order valence-electron chi connectivity index (χ1n) is 4.58. The van der Waals surface area contributed by atoms with Crippen molar-refractivity contribution in [2.75, 3.05) is 0 Å². The van der Waals surface area contributed by atoms with Crippen molar-refractivity contribution >= 4 is 24.6 Å². The average Bonchev–Trinajstić information content (AvgIpc) is 2.25. The lowest BCUT2D eigenvalue weighted by Crippen LogP contribution is -2.37. The summed E-state index contributed by atoms with van der Waals surface area (Å²) in [6.45, 7) is 3.49. The van der Waals surface area contributed by atoms with E-state index in [4.69, 9.17) is 4.12 Å². The Morgan fingerprint density at radius 2 is 1.93 bits per heavy atom. The predicted octanol–water partition coefficient (Wildman–Crippen LogP) is 0.406. The molecule has 1 aromatic carbocycles. The zero-order chi connectivity index (χ0) is 11.1. The van der Waals surface area contributed by atoms with Gasteiger partial charge in [0, 0.05) is 0 Å². The molecule has 1 rings (SSSR count). The second-order valence-electron chi connectivity index (χ2n) is 3.00. The quantitative estimate of drug-likeness (QED) is 0.730. The summed E-state index contributed by atoms with van der Waals surface area (Å²) >= 11 is 0. The second kappa shape index (κ2) is 5.79. The molecule has 0 aromatic heterocycles. The van der Waals surface area contributed by atoms with Gasteiger partial charge in [0.1, 0.15) is 0 Å². The molecular formula is C10H14O3Si2. The molecule has 0 fully saturated rings. The maximum Gasteiger partial charge on any atom is 0.513 e. The second-order valence-corrected chi connectivity index (χ2v) is 6.72. The molecule has 0 saturated heterocycles. The van der Waals surface area contributed by atoms with Crippen LogP contribution in [-0.2, 0) is 4.12 Å². The van der Waals surface area contributed by atoms with Crippen LogP contribution in [-0.4, -0.2) is 28.2 Å². The van der Waals surface area contributed by atoms with Crippen LogP contribution in [0.15, 0.2) is 48.3 Å². The molecule has 0 amide bonds. The van der Waals surface area contributed by atoms with E-state index in [2.05, 4.69) is 6.58 Å². The summed E-state index contributed by atoms with van der Waals surface area (Å²) in [6, 6.07) is 9.44. The van der Waals surface area contributed by atoms with Gasteiger partial charge in [-0.1, -0.05) is 42.1 Å². The molecule has 0 aliphatic rings. The van der Waals surface area contributed by atoms with Crippen LogP contribution < -0.4 is 0 Å². The van der Waals surface area contributed by atoms with E-state index in [1.165, 1.54) is 5.70 Å². The summed E-state index contributed by atoms with van der Waals surface area (Å²) in [5.41, 5.74) is 3.88. The molecular weight excluding hydrogens is 224 g/mol. The van der Waals surface area contributed by atoms with Gasteiger partial charge in [-0.05, 0) is 11.3 Å². The van der Waals surface area contributed by atoms with Crippen molar-refractivity contribution in [1.29, 1.82) is 0 Å². The third-order valence-electron chi connectivity index (χ3n) is 1.71. The number of hydrogen-bond acceptors (Lipinski definition) is 3. The van der Waals surface area contributed by atoms with Gasteiger partial charge in [0.2, 0.25) is 0 Å². The maximum atomic E-state index is 9.48. The summed E-state index contributed by atoms with van der Waals surface area (Å²) in [7, 11) is -4.61. The first kappa shape index (κ1) is 12.1. The highest BCUT2D eigenvalue weighted by Gasteiger charge is 2.26. The van der Waals surface area contributed by atoms with Gasteiger partial charge in [0.05, 0.1) is 0 Å². The molecule has 0 atom stereocenters. The van der Waals surface area contributed by atoms with Gasteiger partial charge in [-0.3, -0.25) is 0 Å². The highest BCUT2D eigenvalue weighted by atomic mass is 28.4. The lowest BCUT2D eigenvalue weighted by Gasteiger charge is -2.12. The normalized spacial score (nSPS) is 12.7. The first-order chi connectivity index (χ1) is 7.14. The van der Waals surface area contributed by atoms with Crippen LogP contribution in [0.3, 0.4) is 0 Å². The van der Waals surface area contributed by atoms with Gasteiger partial charge in [-0.15, -0.1) is 6.58 Å². The van der Waals surface area contributed by atoms with E-state index in [0.29, 0.717) is 0 Å². The molecule has 0 spiro atoms. The molecule has 3 nitrogen and oxygen atoms in total. The lowest BCUT2D eigenvalue weighted by atomic mass is 10.2. The SMILES string of the molecule is C=C[SiH2]O[Si](O)(O)/C=C/c1ccccc1. The Kier molecular flexibility index (Phi) is 4.66. The van der Waals surface area contributed by atoms with E-state index >= 15 is 0 Å². The zero-order valence-corrected chi connectivity index (χ0v) is 10.7. The third kappa shape index (κ3) is 4.86. The van der Waals surface area contributed by atoms with Crippen LogP contribution in [0.1, 0.15) is 5.56 Å². The average molecular weight is 238 g/mol. The molecule has 0 saturated carbocycles. The summed E-state index contributed by atoms with van der Waals surface area (Å²) in [5.74, 6) is 0. The molecule has 2 N–H and O–H groups in total. The molecule has 0 heterocycles. The van der Waals surface area contributed by atoms with Crippen molar-refractivity contribution in [2.24, 2.45) is 0 Å². The maximum absolute atomic E-state index is 9.48. The van der Waals surface area contributed by atoms with Crippen LogP contribution in [0, 0.1) is 0 Å². The standard InChI is InChI=1S/C10H14O3Si2/c1-2-14-13-15(11,12)9-8-10-6-4-3-5-7-10/h2-9,11-12H,1,14H2/b9-8+. The summed E-state index contributed by atoms with van der Waals surface area (Å²) in [5, 5.41) is 0.